The third kappa shape index (κ3) is 1.89. The van der Waals surface area contributed by atoms with Crippen molar-refractivity contribution in [1.82, 2.24) is 0 Å². The van der Waals surface area contributed by atoms with Gasteiger partial charge in [-0.2, -0.15) is 0 Å². The maximum atomic E-state index is 11.7. The first-order chi connectivity index (χ1) is 6.65. The molecule has 1 N–H and O–H groups in total. The second kappa shape index (κ2) is 4.44. The van der Waals surface area contributed by atoms with Crippen LogP contribution in [0.15, 0.2) is 5.16 Å². The number of oxime groups is 1. The molecule has 0 aliphatic heterocycles. The van der Waals surface area contributed by atoms with Gasteiger partial charge in [0.05, 0.1) is 12.3 Å². The van der Waals surface area contributed by atoms with E-state index in [0.29, 0.717) is 25.2 Å². The van der Waals surface area contributed by atoms with E-state index in [1.165, 1.54) is 0 Å². The van der Waals surface area contributed by atoms with Crippen LogP contribution in [0.1, 0.15) is 39.5 Å². The minimum Gasteiger partial charge on any atom is -0.465 e. The molecule has 80 valence electrons. The first-order valence-electron chi connectivity index (χ1n) is 5.03. The number of hydrogen-bond acceptors (Lipinski definition) is 4. The molecule has 0 aromatic rings. The maximum Gasteiger partial charge on any atom is 0.317 e. The molecule has 1 saturated carbocycles. The summed E-state index contributed by atoms with van der Waals surface area (Å²) < 4.78 is 4.99. The van der Waals surface area contributed by atoms with E-state index in [1.807, 2.05) is 0 Å². The van der Waals surface area contributed by atoms with Crippen molar-refractivity contribution >= 4 is 11.7 Å². The second-order valence-corrected chi connectivity index (χ2v) is 3.81. The molecule has 0 saturated heterocycles. The normalized spacial score (nSPS) is 30.3. The van der Waals surface area contributed by atoms with Crippen molar-refractivity contribution < 1.29 is 14.7 Å². The Morgan fingerprint density at radius 3 is 2.93 bits per heavy atom. The van der Waals surface area contributed by atoms with Crippen LogP contribution in [-0.4, -0.2) is 23.5 Å². The van der Waals surface area contributed by atoms with Crippen molar-refractivity contribution in [1.29, 1.82) is 0 Å². The minimum atomic E-state index is -0.705. The minimum absolute atomic E-state index is 0.271. The van der Waals surface area contributed by atoms with Crippen molar-refractivity contribution in [2.45, 2.75) is 39.5 Å². The van der Waals surface area contributed by atoms with Crippen LogP contribution in [0, 0.1) is 5.41 Å². The van der Waals surface area contributed by atoms with Crippen molar-refractivity contribution in [2.24, 2.45) is 10.6 Å². The fraction of sp³-hybridized carbons (Fsp3) is 0.800. The van der Waals surface area contributed by atoms with Gasteiger partial charge in [0.2, 0.25) is 0 Å². The zero-order valence-corrected chi connectivity index (χ0v) is 8.75. The molecular weight excluding hydrogens is 182 g/mol. The summed E-state index contributed by atoms with van der Waals surface area (Å²) in [5.41, 5.74) is -0.148. The van der Waals surface area contributed by atoms with Gasteiger partial charge in [0.1, 0.15) is 5.41 Å². The van der Waals surface area contributed by atoms with Crippen molar-refractivity contribution in [3.63, 3.8) is 0 Å². The lowest BCUT2D eigenvalue weighted by atomic mass is 9.74. The van der Waals surface area contributed by atoms with Gasteiger partial charge in [0, 0.05) is 0 Å². The molecular formula is C10H17NO3. The smallest absolute Gasteiger partial charge is 0.317 e. The van der Waals surface area contributed by atoms with Gasteiger partial charge in [-0.1, -0.05) is 11.6 Å². The van der Waals surface area contributed by atoms with Gasteiger partial charge in [-0.05, 0) is 33.1 Å². The Kier molecular flexibility index (Phi) is 3.49. The number of ether oxygens (including phenoxy) is 1. The van der Waals surface area contributed by atoms with Crippen molar-refractivity contribution in [2.75, 3.05) is 6.61 Å². The molecule has 0 heterocycles. The van der Waals surface area contributed by atoms with Crippen LogP contribution in [0.2, 0.25) is 0 Å². The Morgan fingerprint density at radius 2 is 2.36 bits per heavy atom. The molecule has 1 unspecified atom stereocenters. The van der Waals surface area contributed by atoms with Crippen molar-refractivity contribution in [3.8, 4) is 0 Å². The molecule has 1 fully saturated rings. The van der Waals surface area contributed by atoms with Gasteiger partial charge in [0.25, 0.3) is 0 Å². The summed E-state index contributed by atoms with van der Waals surface area (Å²) in [4.78, 5) is 11.7. The van der Waals surface area contributed by atoms with Gasteiger partial charge in [0.15, 0.2) is 0 Å². The lowest BCUT2D eigenvalue weighted by Crippen LogP contribution is -2.40. The molecule has 0 radical (unpaired) electrons. The number of rotatable bonds is 2. The molecule has 4 heteroatoms. The highest BCUT2D eigenvalue weighted by Crippen LogP contribution is 2.34. The fourth-order valence-corrected chi connectivity index (χ4v) is 1.86. The highest BCUT2D eigenvalue weighted by Gasteiger charge is 2.42. The van der Waals surface area contributed by atoms with Gasteiger partial charge in [-0.3, -0.25) is 4.79 Å². The predicted octanol–water partition coefficient (Wildman–Crippen LogP) is 1.96. The summed E-state index contributed by atoms with van der Waals surface area (Å²) >= 11 is 0. The molecule has 0 bridgehead atoms. The fourth-order valence-electron chi connectivity index (χ4n) is 1.86. The molecule has 1 atom stereocenters. The average Bonchev–Trinajstić information content (AvgIpc) is 2.19. The molecule has 1 aliphatic rings. The van der Waals surface area contributed by atoms with Crippen LogP contribution in [0.5, 0.6) is 0 Å². The molecule has 0 aromatic carbocycles. The highest BCUT2D eigenvalue weighted by molar-refractivity contribution is 6.06. The third-order valence-corrected chi connectivity index (χ3v) is 2.82. The van der Waals surface area contributed by atoms with E-state index < -0.39 is 5.41 Å². The highest BCUT2D eigenvalue weighted by atomic mass is 16.5. The van der Waals surface area contributed by atoms with E-state index in [0.717, 1.165) is 12.8 Å². The monoisotopic (exact) mass is 199 g/mol. The number of hydrogen-bond donors (Lipinski definition) is 1. The summed E-state index contributed by atoms with van der Waals surface area (Å²) in [6, 6.07) is 0. The van der Waals surface area contributed by atoms with Crippen LogP contribution in [0.25, 0.3) is 0 Å². The quantitative estimate of drug-likeness (QED) is 0.420. The topological polar surface area (TPSA) is 58.9 Å². The molecule has 1 aliphatic carbocycles. The molecule has 0 amide bonds. The van der Waals surface area contributed by atoms with E-state index >= 15 is 0 Å². The summed E-state index contributed by atoms with van der Waals surface area (Å²) in [7, 11) is 0. The Bertz CT molecular complexity index is 250. The Labute approximate surface area is 83.9 Å². The first kappa shape index (κ1) is 11.0. The Morgan fingerprint density at radius 1 is 1.64 bits per heavy atom. The van der Waals surface area contributed by atoms with Crippen LogP contribution in [-0.2, 0) is 9.53 Å². The lowest BCUT2D eigenvalue weighted by molar-refractivity contribution is -0.151. The third-order valence-electron chi connectivity index (χ3n) is 2.82. The summed E-state index contributed by atoms with van der Waals surface area (Å²) in [5, 5.41) is 12.0. The lowest BCUT2D eigenvalue weighted by Gasteiger charge is -2.31. The zero-order chi connectivity index (χ0) is 10.6. The molecule has 14 heavy (non-hydrogen) atoms. The van der Waals surface area contributed by atoms with E-state index in [2.05, 4.69) is 5.16 Å². The number of carbonyl (C=O) groups excluding carboxylic acids is 1. The average molecular weight is 199 g/mol. The molecule has 0 aromatic heterocycles. The van der Waals surface area contributed by atoms with Crippen LogP contribution in [0.4, 0.5) is 0 Å². The molecule has 0 spiro atoms. The number of esters is 1. The van der Waals surface area contributed by atoms with Crippen molar-refractivity contribution in [3.05, 3.63) is 0 Å². The van der Waals surface area contributed by atoms with E-state index in [1.54, 1.807) is 13.8 Å². The van der Waals surface area contributed by atoms with Crippen LogP contribution in [0.3, 0.4) is 0 Å². The summed E-state index contributed by atoms with van der Waals surface area (Å²) in [5.74, 6) is -0.271. The van der Waals surface area contributed by atoms with E-state index in [-0.39, 0.29) is 5.97 Å². The SMILES string of the molecule is CCOC(=O)C1(C)CCCC/C1=N\O. The van der Waals surface area contributed by atoms with Gasteiger partial charge in [-0.15, -0.1) is 0 Å². The Balaban J connectivity index is 2.82. The van der Waals surface area contributed by atoms with Crippen LogP contribution >= 0.6 is 0 Å². The summed E-state index contributed by atoms with van der Waals surface area (Å²) in [6.45, 7) is 3.94. The Hall–Kier alpha value is -1.06. The number of nitrogens with zero attached hydrogens (tertiary/aromatic N) is 1. The number of carbonyl (C=O) groups is 1. The molecule has 4 nitrogen and oxygen atoms in total. The summed E-state index contributed by atoms with van der Waals surface area (Å²) in [6.07, 6.45) is 3.36. The van der Waals surface area contributed by atoms with Gasteiger partial charge in [-0.25, -0.2) is 0 Å². The largest absolute Gasteiger partial charge is 0.465 e. The van der Waals surface area contributed by atoms with Crippen LogP contribution < -0.4 is 0 Å². The van der Waals surface area contributed by atoms with E-state index in [4.69, 9.17) is 9.94 Å². The standard InChI is InChI=1S/C10H17NO3/c1-3-14-9(12)10(2)7-5-4-6-8(10)11-13/h13H,3-7H2,1-2H3/b11-8+. The maximum absolute atomic E-state index is 11.7. The van der Waals surface area contributed by atoms with Gasteiger partial charge < -0.3 is 9.94 Å². The second-order valence-electron chi connectivity index (χ2n) is 3.81. The zero-order valence-electron chi connectivity index (χ0n) is 8.75. The molecule has 1 rings (SSSR count). The first-order valence-corrected chi connectivity index (χ1v) is 5.03. The predicted molar refractivity (Wildman–Crippen MR) is 52.4 cm³/mol. The van der Waals surface area contributed by atoms with E-state index in [9.17, 15) is 4.79 Å². The van der Waals surface area contributed by atoms with Gasteiger partial charge >= 0.3 is 5.97 Å².